The van der Waals surface area contributed by atoms with Crippen LogP contribution in [0.2, 0.25) is 0 Å². The van der Waals surface area contributed by atoms with E-state index in [4.69, 9.17) is 9.47 Å². The maximum absolute atomic E-state index is 12.5. The lowest BCUT2D eigenvalue weighted by atomic mass is 10.1. The number of aromatic nitrogens is 1. The normalized spacial score (nSPS) is 12.6. The van der Waals surface area contributed by atoms with Gasteiger partial charge < -0.3 is 19.8 Å². The Morgan fingerprint density at radius 1 is 1.11 bits per heavy atom. The van der Waals surface area contributed by atoms with E-state index in [1.54, 1.807) is 6.07 Å². The van der Waals surface area contributed by atoms with E-state index in [9.17, 15) is 9.59 Å². The van der Waals surface area contributed by atoms with Crippen molar-refractivity contribution < 1.29 is 14.3 Å². The van der Waals surface area contributed by atoms with Gasteiger partial charge in [0, 0.05) is 22.7 Å². The molecule has 0 radical (unpaired) electrons. The van der Waals surface area contributed by atoms with Gasteiger partial charge in [-0.15, -0.1) is 11.3 Å². The van der Waals surface area contributed by atoms with Gasteiger partial charge in [-0.05, 0) is 61.4 Å². The third-order valence-corrected chi connectivity index (χ3v) is 5.71. The second kappa shape index (κ2) is 7.52. The number of carbonyl (C=O) groups is 1. The molecule has 6 nitrogen and oxygen atoms in total. The minimum absolute atomic E-state index is 0.166. The smallest absolute Gasteiger partial charge is 0.261 e. The summed E-state index contributed by atoms with van der Waals surface area (Å²) in [5.41, 5.74) is 3.05. The van der Waals surface area contributed by atoms with Gasteiger partial charge in [-0.2, -0.15) is 0 Å². The summed E-state index contributed by atoms with van der Waals surface area (Å²) >= 11 is 1.40. The van der Waals surface area contributed by atoms with E-state index in [-0.39, 0.29) is 18.0 Å². The number of H-pyrrole nitrogens is 1. The summed E-state index contributed by atoms with van der Waals surface area (Å²) in [6.45, 7) is 4.99. The molecule has 2 aromatic heterocycles. The maximum Gasteiger partial charge on any atom is 0.261 e. The van der Waals surface area contributed by atoms with E-state index in [2.05, 4.69) is 10.3 Å². The summed E-state index contributed by atoms with van der Waals surface area (Å²) in [6.07, 6.45) is 0. The highest BCUT2D eigenvalue weighted by Gasteiger charge is 2.15. The van der Waals surface area contributed by atoms with E-state index in [0.29, 0.717) is 23.7 Å². The van der Waals surface area contributed by atoms with Crippen LogP contribution in [-0.4, -0.2) is 24.1 Å². The molecular formula is C21H20N2O4S. The Bertz CT molecular complexity index is 1100. The molecular weight excluding hydrogens is 376 g/mol. The number of fused-ring (bicyclic) bond motifs is 1. The number of benzene rings is 1. The summed E-state index contributed by atoms with van der Waals surface area (Å²) in [5, 5.41) is 2.84. The molecule has 0 aliphatic carbocycles. The van der Waals surface area contributed by atoms with E-state index in [1.165, 1.54) is 11.3 Å². The van der Waals surface area contributed by atoms with Gasteiger partial charge in [-0.25, -0.2) is 0 Å². The molecule has 0 saturated heterocycles. The Morgan fingerprint density at radius 3 is 2.68 bits per heavy atom. The zero-order chi connectivity index (χ0) is 19.7. The van der Waals surface area contributed by atoms with Crippen molar-refractivity contribution >= 4 is 17.2 Å². The molecule has 3 aromatic rings. The van der Waals surface area contributed by atoms with Gasteiger partial charge in [-0.3, -0.25) is 9.59 Å². The van der Waals surface area contributed by atoms with Crippen LogP contribution in [0, 0.1) is 13.8 Å². The highest BCUT2D eigenvalue weighted by atomic mass is 32.1. The summed E-state index contributed by atoms with van der Waals surface area (Å²) in [4.78, 5) is 28.9. The monoisotopic (exact) mass is 396 g/mol. The number of amides is 1. The number of carbonyl (C=O) groups excluding carboxylic acids is 1. The fourth-order valence-corrected chi connectivity index (χ4v) is 4.09. The molecule has 1 aliphatic rings. The van der Waals surface area contributed by atoms with Crippen LogP contribution in [-0.2, 0) is 6.54 Å². The number of pyridine rings is 1. The lowest BCUT2D eigenvalue weighted by Gasteiger charge is -2.18. The molecule has 0 unspecified atom stereocenters. The molecule has 0 atom stereocenters. The molecule has 2 N–H and O–H groups in total. The van der Waals surface area contributed by atoms with Crippen LogP contribution >= 0.6 is 11.3 Å². The van der Waals surface area contributed by atoms with Crippen LogP contribution in [0.4, 0.5) is 0 Å². The predicted molar refractivity (Wildman–Crippen MR) is 108 cm³/mol. The molecule has 0 saturated carbocycles. The van der Waals surface area contributed by atoms with Gasteiger partial charge in [0.1, 0.15) is 13.2 Å². The molecule has 3 heterocycles. The first-order valence-corrected chi connectivity index (χ1v) is 9.80. The lowest BCUT2D eigenvalue weighted by Crippen LogP contribution is -2.27. The van der Waals surface area contributed by atoms with Crippen molar-refractivity contribution in [2.75, 3.05) is 13.2 Å². The van der Waals surface area contributed by atoms with Crippen molar-refractivity contribution in [1.29, 1.82) is 0 Å². The molecule has 7 heteroatoms. The van der Waals surface area contributed by atoms with Crippen molar-refractivity contribution in [2.24, 2.45) is 0 Å². The minimum atomic E-state index is -0.201. The Morgan fingerprint density at radius 2 is 1.89 bits per heavy atom. The zero-order valence-electron chi connectivity index (χ0n) is 15.6. The lowest BCUT2D eigenvalue weighted by molar-refractivity contribution is 0.0955. The van der Waals surface area contributed by atoms with Crippen LogP contribution in [0.25, 0.3) is 10.4 Å². The van der Waals surface area contributed by atoms with Gasteiger partial charge in [-0.1, -0.05) is 0 Å². The van der Waals surface area contributed by atoms with Crippen LogP contribution < -0.4 is 20.3 Å². The van der Waals surface area contributed by atoms with E-state index < -0.39 is 0 Å². The van der Waals surface area contributed by atoms with Gasteiger partial charge in [0.25, 0.3) is 11.5 Å². The predicted octanol–water partition coefficient (Wildman–Crippen LogP) is 3.42. The summed E-state index contributed by atoms with van der Waals surface area (Å²) in [7, 11) is 0. The molecule has 0 fully saturated rings. The van der Waals surface area contributed by atoms with E-state index in [0.717, 1.165) is 33.2 Å². The van der Waals surface area contributed by atoms with Crippen molar-refractivity contribution in [3.05, 3.63) is 68.4 Å². The average Bonchev–Trinajstić information content (AvgIpc) is 3.17. The Labute approximate surface area is 166 Å². The van der Waals surface area contributed by atoms with Gasteiger partial charge in [0.05, 0.1) is 4.88 Å². The van der Waals surface area contributed by atoms with Crippen LogP contribution in [0.15, 0.2) is 41.2 Å². The molecule has 28 heavy (non-hydrogen) atoms. The quantitative estimate of drug-likeness (QED) is 0.708. The summed E-state index contributed by atoms with van der Waals surface area (Å²) < 4.78 is 11.2. The first-order chi connectivity index (χ1) is 13.5. The highest BCUT2D eigenvalue weighted by Crippen LogP contribution is 2.36. The second-order valence-corrected chi connectivity index (χ2v) is 7.73. The van der Waals surface area contributed by atoms with Gasteiger partial charge in [0.15, 0.2) is 11.5 Å². The SMILES string of the molecule is Cc1cc(C)c(CNC(=O)c2ccc(-c3ccc4c(c3)OCCO4)s2)c(=O)[nH]1. The first-order valence-electron chi connectivity index (χ1n) is 8.99. The molecule has 1 amide bonds. The number of rotatable bonds is 4. The van der Waals surface area contributed by atoms with Gasteiger partial charge in [0.2, 0.25) is 0 Å². The fourth-order valence-electron chi connectivity index (χ4n) is 3.17. The number of ether oxygens (including phenoxy) is 2. The van der Waals surface area contributed by atoms with Crippen LogP contribution in [0.3, 0.4) is 0 Å². The summed E-state index contributed by atoms with van der Waals surface area (Å²) in [5.74, 6) is 1.26. The molecule has 4 rings (SSSR count). The number of hydrogen-bond donors (Lipinski definition) is 2. The van der Waals surface area contributed by atoms with Gasteiger partial charge >= 0.3 is 0 Å². The Kier molecular flexibility index (Phi) is 4.92. The molecule has 144 valence electrons. The van der Waals surface area contributed by atoms with E-state index in [1.807, 2.05) is 44.2 Å². The maximum atomic E-state index is 12.5. The van der Waals surface area contributed by atoms with Crippen molar-refractivity contribution in [3.63, 3.8) is 0 Å². The number of aryl methyl sites for hydroxylation is 2. The third kappa shape index (κ3) is 3.66. The standard InChI is InChI=1S/C21H20N2O4S/c1-12-9-13(2)23-20(24)15(12)11-22-21(25)19-6-5-18(28-19)14-3-4-16-17(10-14)27-8-7-26-16/h3-6,9-10H,7-8,11H2,1-2H3,(H,22,25)(H,23,24). The molecule has 1 aliphatic heterocycles. The first kappa shape index (κ1) is 18.3. The average molecular weight is 396 g/mol. The number of thiophene rings is 1. The van der Waals surface area contributed by atoms with Crippen LogP contribution in [0.1, 0.15) is 26.5 Å². The second-order valence-electron chi connectivity index (χ2n) is 6.65. The molecule has 0 bridgehead atoms. The topological polar surface area (TPSA) is 80.4 Å². The number of aromatic amines is 1. The van der Waals surface area contributed by atoms with Crippen molar-refractivity contribution in [1.82, 2.24) is 10.3 Å². The largest absolute Gasteiger partial charge is 0.486 e. The minimum Gasteiger partial charge on any atom is -0.486 e. The summed E-state index contributed by atoms with van der Waals surface area (Å²) in [6, 6.07) is 11.4. The van der Waals surface area contributed by atoms with Crippen molar-refractivity contribution in [2.45, 2.75) is 20.4 Å². The number of nitrogens with one attached hydrogen (secondary N) is 2. The zero-order valence-corrected chi connectivity index (χ0v) is 16.4. The van der Waals surface area contributed by atoms with Crippen molar-refractivity contribution in [3.8, 4) is 21.9 Å². The molecule has 0 spiro atoms. The highest BCUT2D eigenvalue weighted by molar-refractivity contribution is 7.17. The third-order valence-electron chi connectivity index (χ3n) is 4.58. The fraction of sp³-hybridized carbons (Fsp3) is 0.238. The Hall–Kier alpha value is -3.06. The molecule has 1 aromatic carbocycles. The van der Waals surface area contributed by atoms with Crippen LogP contribution in [0.5, 0.6) is 11.5 Å². The Balaban J connectivity index is 1.48. The van der Waals surface area contributed by atoms with E-state index >= 15 is 0 Å². The number of hydrogen-bond acceptors (Lipinski definition) is 5.